The van der Waals surface area contributed by atoms with Crippen molar-refractivity contribution < 1.29 is 32.9 Å². The molecule has 0 radical (unpaired) electrons. The number of rotatable bonds is 30. The van der Waals surface area contributed by atoms with E-state index in [0.29, 0.717) is 65.6 Å². The molecule has 0 bridgehead atoms. The molecular formula is C44H65N5O5+2. The number of nitrogens with zero attached hydrogens (tertiary/aromatic N) is 3. The Labute approximate surface area is 324 Å². The highest BCUT2D eigenvalue weighted by Crippen LogP contribution is 2.14. The summed E-state index contributed by atoms with van der Waals surface area (Å²) in [6, 6.07) is 16.9. The Hall–Kier alpha value is -4.38. The molecular weight excluding hydrogens is 679 g/mol. The molecule has 2 aromatic heterocycles. The number of hydrogen-bond acceptors (Lipinski definition) is 6. The number of amides is 2. The minimum atomic E-state index is 0.105. The summed E-state index contributed by atoms with van der Waals surface area (Å²) in [5.41, 5.74) is 4.67. The lowest BCUT2D eigenvalue weighted by atomic mass is 10.1. The first-order chi connectivity index (χ1) is 26.4. The molecule has 10 heteroatoms. The highest BCUT2D eigenvalue weighted by atomic mass is 16.5. The Morgan fingerprint density at radius 1 is 0.574 bits per heavy atom. The third-order valence-electron chi connectivity index (χ3n) is 8.91. The number of unbranched alkanes of at least 4 members (excludes halogenated alkanes) is 4. The summed E-state index contributed by atoms with van der Waals surface area (Å²) in [6.45, 7) is 10.2. The van der Waals surface area contributed by atoms with Crippen molar-refractivity contribution in [2.24, 2.45) is 0 Å². The van der Waals surface area contributed by atoms with Crippen LogP contribution in [0.25, 0.3) is 18.2 Å². The maximum Gasteiger partial charge on any atom is 0.219 e. The quantitative estimate of drug-likeness (QED) is 0.0641. The minimum Gasteiger partial charge on any atom is -0.379 e. The summed E-state index contributed by atoms with van der Waals surface area (Å²) in [5.74, 6) is 0.212. The largest absolute Gasteiger partial charge is 0.379 e. The van der Waals surface area contributed by atoms with Crippen LogP contribution in [0.1, 0.15) is 80.9 Å². The number of anilines is 1. The first-order valence-electron chi connectivity index (χ1n) is 19.8. The van der Waals surface area contributed by atoms with Crippen molar-refractivity contribution in [3.63, 3.8) is 0 Å². The average molecular weight is 744 g/mol. The van der Waals surface area contributed by atoms with Gasteiger partial charge in [-0.15, -0.1) is 0 Å². The molecule has 0 aliphatic rings. The van der Waals surface area contributed by atoms with Crippen LogP contribution in [-0.4, -0.2) is 78.6 Å². The number of aromatic nitrogens is 2. The van der Waals surface area contributed by atoms with E-state index in [1.54, 1.807) is 0 Å². The van der Waals surface area contributed by atoms with Gasteiger partial charge in [-0.3, -0.25) is 9.59 Å². The van der Waals surface area contributed by atoms with Gasteiger partial charge in [0, 0.05) is 96.0 Å². The first-order valence-corrected chi connectivity index (χ1v) is 19.8. The highest BCUT2D eigenvalue weighted by Gasteiger charge is 2.05. The van der Waals surface area contributed by atoms with Crippen LogP contribution in [0.5, 0.6) is 0 Å². The van der Waals surface area contributed by atoms with E-state index in [9.17, 15) is 9.59 Å². The Bertz CT molecular complexity index is 1480. The van der Waals surface area contributed by atoms with Crippen molar-refractivity contribution in [2.45, 2.75) is 77.3 Å². The number of aryl methyl sites for hydroxylation is 2. The van der Waals surface area contributed by atoms with Crippen LogP contribution in [-0.2, 0) is 36.9 Å². The molecule has 0 aliphatic carbocycles. The Balaban J connectivity index is 1.02. The van der Waals surface area contributed by atoms with Crippen LogP contribution in [0.3, 0.4) is 0 Å². The topological polar surface area (TPSA) is 96.9 Å². The lowest BCUT2D eigenvalue weighted by Gasteiger charge is -2.11. The molecule has 0 fully saturated rings. The van der Waals surface area contributed by atoms with Gasteiger partial charge in [0.2, 0.25) is 11.8 Å². The van der Waals surface area contributed by atoms with Gasteiger partial charge < -0.3 is 29.7 Å². The fourth-order valence-corrected chi connectivity index (χ4v) is 5.60. The molecule has 1 aromatic carbocycles. The van der Waals surface area contributed by atoms with Gasteiger partial charge in [0.15, 0.2) is 24.8 Å². The fourth-order valence-electron chi connectivity index (χ4n) is 5.60. The van der Waals surface area contributed by atoms with Crippen LogP contribution in [0.2, 0.25) is 0 Å². The maximum absolute atomic E-state index is 12.2. The molecule has 54 heavy (non-hydrogen) atoms. The number of carbonyl (C=O) groups excluding carboxylic acids is 2. The van der Waals surface area contributed by atoms with Gasteiger partial charge in [-0.2, -0.15) is 0 Å². The van der Waals surface area contributed by atoms with Gasteiger partial charge in [0.1, 0.15) is 13.1 Å². The zero-order valence-electron chi connectivity index (χ0n) is 32.9. The van der Waals surface area contributed by atoms with E-state index >= 15 is 0 Å². The van der Waals surface area contributed by atoms with Crippen molar-refractivity contribution >= 4 is 35.7 Å². The maximum atomic E-state index is 12.2. The number of pyridine rings is 2. The molecule has 10 nitrogen and oxygen atoms in total. The lowest BCUT2D eigenvalue weighted by Crippen LogP contribution is -2.32. The van der Waals surface area contributed by atoms with Gasteiger partial charge >= 0.3 is 0 Å². The number of carbonyl (C=O) groups is 2. The van der Waals surface area contributed by atoms with E-state index in [2.05, 4.69) is 117 Å². The van der Waals surface area contributed by atoms with Crippen LogP contribution in [0.15, 0.2) is 79.9 Å². The summed E-state index contributed by atoms with van der Waals surface area (Å²) < 4.78 is 21.1. The van der Waals surface area contributed by atoms with E-state index in [1.807, 2.05) is 20.2 Å². The van der Waals surface area contributed by atoms with Gasteiger partial charge in [0.05, 0.1) is 26.4 Å². The lowest BCUT2D eigenvalue weighted by molar-refractivity contribution is -0.697. The Kier molecular flexibility index (Phi) is 22.9. The van der Waals surface area contributed by atoms with Crippen molar-refractivity contribution in [3.8, 4) is 0 Å². The van der Waals surface area contributed by atoms with Gasteiger partial charge in [-0.05, 0) is 67.3 Å². The molecule has 2 N–H and O–H groups in total. The molecule has 0 unspecified atom stereocenters. The number of benzene rings is 1. The molecule has 0 aliphatic heterocycles. The molecule has 2 heterocycles. The normalized spacial score (nSPS) is 11.1. The molecule has 2 amide bonds. The van der Waals surface area contributed by atoms with Gasteiger partial charge in [-0.25, -0.2) is 9.13 Å². The smallest absolute Gasteiger partial charge is 0.219 e. The number of ether oxygens (including phenoxy) is 3. The molecule has 0 atom stereocenters. The van der Waals surface area contributed by atoms with Crippen LogP contribution in [0.4, 0.5) is 5.69 Å². The highest BCUT2D eigenvalue weighted by molar-refractivity contribution is 5.76. The molecule has 3 aromatic rings. The van der Waals surface area contributed by atoms with Crippen LogP contribution < -0.4 is 24.7 Å². The molecule has 294 valence electrons. The standard InChI is InChI=1S/C44H63N5O5/c1-4-39-21-29-48(30-22-39)27-9-5-7-13-43(50)45-25-11-33-52-35-37-54-38-36-53-34-12-26-46-44(51)14-8-6-10-28-49-31-23-41(24-32-49)16-15-40-17-19-42(20-18-40)47(2)3/h4,15-24,29-32H,1,5-14,25-28,33-38H2,2-3H3/p+2. The monoisotopic (exact) mass is 743 g/mol. The predicted molar refractivity (Wildman–Crippen MR) is 218 cm³/mol. The van der Waals surface area contributed by atoms with E-state index < -0.39 is 0 Å². The molecule has 0 saturated heterocycles. The van der Waals surface area contributed by atoms with Gasteiger partial charge in [0.25, 0.3) is 0 Å². The van der Waals surface area contributed by atoms with Crippen molar-refractivity contribution in [2.75, 3.05) is 71.7 Å². The number of nitrogens with one attached hydrogen (secondary N) is 2. The summed E-state index contributed by atoms with van der Waals surface area (Å²) >= 11 is 0. The van der Waals surface area contributed by atoms with Crippen LogP contribution >= 0.6 is 0 Å². The second-order valence-electron chi connectivity index (χ2n) is 13.6. The summed E-state index contributed by atoms with van der Waals surface area (Å²) in [7, 11) is 4.09. The fraction of sp³-hybridized carbons (Fsp3) is 0.500. The van der Waals surface area contributed by atoms with Crippen molar-refractivity contribution in [3.05, 3.63) is 96.6 Å². The third-order valence-corrected chi connectivity index (χ3v) is 8.91. The minimum absolute atomic E-state index is 0.105. The Morgan fingerprint density at radius 2 is 1.00 bits per heavy atom. The Morgan fingerprint density at radius 3 is 1.44 bits per heavy atom. The zero-order chi connectivity index (χ0) is 38.5. The first kappa shape index (κ1) is 44.0. The second kappa shape index (κ2) is 28.1. The molecule has 0 saturated carbocycles. The molecule has 0 spiro atoms. The zero-order valence-corrected chi connectivity index (χ0v) is 32.9. The molecule has 3 rings (SSSR count). The third kappa shape index (κ3) is 20.8. The van der Waals surface area contributed by atoms with Gasteiger partial charge in [-0.1, -0.05) is 36.9 Å². The SMILES string of the molecule is C=Cc1cc[n+](CCCCCC(=O)NCCCOCCOCCOCCCNC(=O)CCCCC[n+]2ccc(C=Cc3ccc(N(C)C)cc3)cc2)cc1. The summed E-state index contributed by atoms with van der Waals surface area (Å²) in [5, 5.41) is 5.96. The van der Waals surface area contributed by atoms with E-state index in [-0.39, 0.29) is 11.8 Å². The van der Waals surface area contributed by atoms with Crippen molar-refractivity contribution in [1.82, 2.24) is 10.6 Å². The van der Waals surface area contributed by atoms with Crippen LogP contribution in [0, 0.1) is 0 Å². The second-order valence-corrected chi connectivity index (χ2v) is 13.6. The van der Waals surface area contributed by atoms with E-state index in [4.69, 9.17) is 14.2 Å². The van der Waals surface area contributed by atoms with Crippen molar-refractivity contribution in [1.29, 1.82) is 0 Å². The number of hydrogen-bond donors (Lipinski definition) is 2. The average Bonchev–Trinajstić information content (AvgIpc) is 3.19. The summed E-state index contributed by atoms with van der Waals surface area (Å²) in [4.78, 5) is 26.3. The predicted octanol–water partition coefficient (Wildman–Crippen LogP) is 6.02. The van der Waals surface area contributed by atoms with E-state index in [1.165, 1.54) is 16.8 Å². The van der Waals surface area contributed by atoms with E-state index in [0.717, 1.165) is 70.0 Å². The summed E-state index contributed by atoms with van der Waals surface area (Å²) in [6.07, 6.45) is 23.1.